The summed E-state index contributed by atoms with van der Waals surface area (Å²) in [4.78, 5) is -0.229. The van der Waals surface area contributed by atoms with Gasteiger partial charge in [-0.1, -0.05) is 11.5 Å². The van der Waals surface area contributed by atoms with Crippen LogP contribution in [0.4, 0.5) is 13.2 Å². The van der Waals surface area contributed by atoms with Gasteiger partial charge in [-0.3, -0.25) is 0 Å². The second-order valence-electron chi connectivity index (χ2n) is 3.02. The number of hydrogen-bond acceptors (Lipinski definition) is 2. The van der Waals surface area contributed by atoms with E-state index in [0.29, 0.717) is 6.07 Å². The standard InChI is InChI=1S/C8H6BF3O2S/c1-15(13,14)5-2-3-6(7(9)4-5)8(10,11)12/h2-4H,1H3. The van der Waals surface area contributed by atoms with E-state index >= 15 is 0 Å². The van der Waals surface area contributed by atoms with Crippen LogP contribution in [0.25, 0.3) is 0 Å². The molecule has 7 heteroatoms. The first-order valence-electron chi connectivity index (χ1n) is 3.79. The molecule has 0 heterocycles. The minimum Gasteiger partial charge on any atom is -0.224 e. The van der Waals surface area contributed by atoms with Gasteiger partial charge in [0.2, 0.25) is 0 Å². The number of hydrogen-bond donors (Lipinski definition) is 0. The molecular formula is C8H6BF3O2S. The van der Waals surface area contributed by atoms with Gasteiger partial charge in [0.25, 0.3) is 0 Å². The Kier molecular flexibility index (Phi) is 2.86. The second-order valence-corrected chi connectivity index (χ2v) is 5.03. The predicted molar refractivity (Wildman–Crippen MR) is 49.9 cm³/mol. The van der Waals surface area contributed by atoms with Crippen LogP contribution in [0.1, 0.15) is 5.56 Å². The summed E-state index contributed by atoms with van der Waals surface area (Å²) in [7, 11) is 1.58. The van der Waals surface area contributed by atoms with Gasteiger partial charge in [0.15, 0.2) is 9.84 Å². The van der Waals surface area contributed by atoms with E-state index in [-0.39, 0.29) is 4.90 Å². The zero-order chi connectivity index (χ0) is 11.9. The van der Waals surface area contributed by atoms with E-state index in [2.05, 4.69) is 0 Å². The molecule has 15 heavy (non-hydrogen) atoms. The minimum absolute atomic E-state index is 0.229. The predicted octanol–water partition coefficient (Wildman–Crippen LogP) is 0.903. The highest BCUT2D eigenvalue weighted by atomic mass is 32.2. The van der Waals surface area contributed by atoms with Gasteiger partial charge in [-0.15, -0.1) is 0 Å². The van der Waals surface area contributed by atoms with Crippen LogP contribution in [0, 0.1) is 0 Å². The molecule has 0 saturated heterocycles. The van der Waals surface area contributed by atoms with Crippen molar-refractivity contribution < 1.29 is 21.6 Å². The lowest BCUT2D eigenvalue weighted by Gasteiger charge is -2.11. The third kappa shape index (κ3) is 2.74. The molecule has 0 aromatic heterocycles. The second kappa shape index (κ2) is 3.55. The van der Waals surface area contributed by atoms with Crippen molar-refractivity contribution in [2.24, 2.45) is 0 Å². The van der Waals surface area contributed by atoms with Gasteiger partial charge in [0.1, 0.15) is 7.85 Å². The van der Waals surface area contributed by atoms with Crippen LogP contribution in [0.2, 0.25) is 0 Å². The van der Waals surface area contributed by atoms with Crippen molar-refractivity contribution in [3.63, 3.8) is 0 Å². The van der Waals surface area contributed by atoms with E-state index in [1.807, 2.05) is 0 Å². The molecule has 0 saturated carbocycles. The molecule has 2 radical (unpaired) electrons. The average Bonchev–Trinajstić information content (AvgIpc) is 1.99. The molecule has 0 bridgehead atoms. The molecule has 0 fully saturated rings. The summed E-state index contributed by atoms with van der Waals surface area (Å²) in [6.45, 7) is 0. The Morgan fingerprint density at radius 2 is 1.80 bits per heavy atom. The van der Waals surface area contributed by atoms with Crippen molar-refractivity contribution in [3.05, 3.63) is 23.8 Å². The van der Waals surface area contributed by atoms with Crippen LogP contribution < -0.4 is 5.46 Å². The Bertz CT molecular complexity index is 479. The van der Waals surface area contributed by atoms with Crippen molar-refractivity contribution in [2.45, 2.75) is 11.1 Å². The molecule has 0 aliphatic carbocycles. The normalized spacial score (nSPS) is 12.8. The molecule has 0 aliphatic heterocycles. The van der Waals surface area contributed by atoms with Gasteiger partial charge >= 0.3 is 6.18 Å². The fourth-order valence-electron chi connectivity index (χ4n) is 1.03. The molecule has 1 aromatic carbocycles. The lowest BCUT2D eigenvalue weighted by Crippen LogP contribution is -2.20. The number of rotatable bonds is 1. The molecule has 0 aliphatic rings. The zero-order valence-electron chi connectivity index (χ0n) is 7.67. The monoisotopic (exact) mass is 234 g/mol. The Balaban J connectivity index is 3.34. The first-order valence-corrected chi connectivity index (χ1v) is 5.68. The topological polar surface area (TPSA) is 34.1 Å². The van der Waals surface area contributed by atoms with Gasteiger partial charge in [-0.25, -0.2) is 8.42 Å². The van der Waals surface area contributed by atoms with E-state index in [4.69, 9.17) is 7.85 Å². The summed E-state index contributed by atoms with van der Waals surface area (Å²) in [5.74, 6) is 0. The maximum Gasteiger partial charge on any atom is 0.415 e. The largest absolute Gasteiger partial charge is 0.415 e. The molecule has 1 rings (SSSR count). The van der Waals surface area contributed by atoms with Crippen LogP contribution >= 0.6 is 0 Å². The molecule has 0 amide bonds. The van der Waals surface area contributed by atoms with Crippen molar-refractivity contribution in [1.82, 2.24) is 0 Å². The Morgan fingerprint density at radius 3 is 2.13 bits per heavy atom. The van der Waals surface area contributed by atoms with Gasteiger partial charge in [0, 0.05) is 11.8 Å². The molecule has 0 unspecified atom stereocenters. The summed E-state index contributed by atoms with van der Waals surface area (Å²) in [6.07, 6.45) is -3.67. The van der Waals surface area contributed by atoms with Crippen molar-refractivity contribution >= 4 is 23.1 Å². The van der Waals surface area contributed by atoms with Crippen LogP contribution in [-0.4, -0.2) is 22.5 Å². The highest BCUT2D eigenvalue weighted by Crippen LogP contribution is 2.28. The quantitative estimate of drug-likeness (QED) is 0.676. The zero-order valence-corrected chi connectivity index (χ0v) is 8.48. The minimum atomic E-state index is -4.57. The van der Waals surface area contributed by atoms with Crippen molar-refractivity contribution in [3.8, 4) is 0 Å². The third-order valence-electron chi connectivity index (χ3n) is 1.76. The summed E-state index contributed by atoms with van der Waals surface area (Å²) >= 11 is 0. The van der Waals surface area contributed by atoms with Crippen molar-refractivity contribution in [2.75, 3.05) is 6.26 Å². The number of benzene rings is 1. The van der Waals surface area contributed by atoms with Gasteiger partial charge in [0.05, 0.1) is 4.90 Å². The number of sulfone groups is 1. The maximum atomic E-state index is 12.2. The highest BCUT2D eigenvalue weighted by Gasteiger charge is 2.32. The average molecular weight is 234 g/mol. The van der Waals surface area contributed by atoms with Crippen LogP contribution in [0.5, 0.6) is 0 Å². The SMILES string of the molecule is [B]c1cc(S(C)(=O)=O)ccc1C(F)(F)F. The molecule has 80 valence electrons. The van der Waals surface area contributed by atoms with Gasteiger partial charge in [-0.2, -0.15) is 13.2 Å². The maximum absolute atomic E-state index is 12.2. The van der Waals surface area contributed by atoms with Crippen molar-refractivity contribution in [1.29, 1.82) is 0 Å². The van der Waals surface area contributed by atoms with Gasteiger partial charge < -0.3 is 0 Å². The van der Waals surface area contributed by atoms with Crippen LogP contribution in [0.3, 0.4) is 0 Å². The molecule has 0 N–H and O–H groups in total. The summed E-state index contributed by atoms with van der Waals surface area (Å²) < 4.78 is 58.8. The smallest absolute Gasteiger partial charge is 0.224 e. The third-order valence-corrected chi connectivity index (χ3v) is 2.87. The van der Waals surface area contributed by atoms with E-state index in [1.54, 1.807) is 0 Å². The Morgan fingerprint density at radius 1 is 1.27 bits per heavy atom. The Labute approximate surface area is 86.4 Å². The molecule has 0 atom stereocenters. The first kappa shape index (κ1) is 12.1. The number of alkyl halides is 3. The molecule has 0 spiro atoms. The van der Waals surface area contributed by atoms with E-state index in [9.17, 15) is 21.6 Å². The molecule has 2 nitrogen and oxygen atoms in total. The summed E-state index contributed by atoms with van der Waals surface area (Å²) in [6, 6.07) is 2.35. The highest BCUT2D eigenvalue weighted by molar-refractivity contribution is 7.90. The fraction of sp³-hybridized carbons (Fsp3) is 0.250. The Hall–Kier alpha value is -0.975. The molecular weight excluding hydrogens is 228 g/mol. The van der Waals surface area contributed by atoms with Crippen LogP contribution in [0.15, 0.2) is 23.1 Å². The van der Waals surface area contributed by atoms with E-state index < -0.39 is 27.0 Å². The molecule has 1 aromatic rings. The summed E-state index contributed by atoms with van der Waals surface area (Å²) in [5, 5.41) is 0. The summed E-state index contributed by atoms with van der Waals surface area (Å²) in [5.41, 5.74) is -1.62. The first-order chi connectivity index (χ1) is 6.62. The van der Waals surface area contributed by atoms with E-state index in [0.717, 1.165) is 18.4 Å². The lowest BCUT2D eigenvalue weighted by molar-refractivity contribution is -0.136. The number of halogens is 3. The lowest BCUT2D eigenvalue weighted by atomic mass is 9.90. The van der Waals surface area contributed by atoms with Crippen LogP contribution in [-0.2, 0) is 16.0 Å². The fourth-order valence-corrected chi connectivity index (χ4v) is 1.69. The van der Waals surface area contributed by atoms with E-state index in [1.165, 1.54) is 0 Å². The van der Waals surface area contributed by atoms with Gasteiger partial charge in [-0.05, 0) is 12.1 Å².